The van der Waals surface area contributed by atoms with Crippen molar-refractivity contribution in [3.05, 3.63) is 82.0 Å². The minimum Gasteiger partial charge on any atom is -0.497 e. The van der Waals surface area contributed by atoms with E-state index in [4.69, 9.17) is 23.9 Å². The first kappa shape index (κ1) is 29.7. The average Bonchev–Trinajstić information content (AvgIpc) is 3.41. The number of ether oxygens (including phenoxy) is 4. The number of esters is 1. The normalized spacial score (nSPS) is 18.6. The molecule has 1 unspecified atom stereocenters. The Morgan fingerprint density at radius 3 is 2.62 bits per heavy atom. The third-order valence-corrected chi connectivity index (χ3v) is 8.25. The Labute approximate surface area is 250 Å². The summed E-state index contributed by atoms with van der Waals surface area (Å²) in [4.78, 5) is 35.8. The number of amidine groups is 1. The highest BCUT2D eigenvalue weighted by Crippen LogP contribution is 2.47. The Morgan fingerprint density at radius 2 is 1.88 bits per heavy atom. The second-order valence-electron chi connectivity index (χ2n) is 10.0. The molecule has 0 aliphatic carbocycles. The molecule has 0 spiro atoms. The smallest absolute Gasteiger partial charge is 0.338 e. The summed E-state index contributed by atoms with van der Waals surface area (Å²) in [5.74, 6) is 0.601. The zero-order chi connectivity index (χ0) is 29.5. The van der Waals surface area contributed by atoms with Crippen molar-refractivity contribution in [1.29, 1.82) is 0 Å². The van der Waals surface area contributed by atoms with Gasteiger partial charge in [0.05, 0.1) is 51.2 Å². The van der Waals surface area contributed by atoms with Crippen LogP contribution in [0.1, 0.15) is 30.5 Å². The predicted molar refractivity (Wildman–Crippen MR) is 161 cm³/mol. The van der Waals surface area contributed by atoms with Gasteiger partial charge in [-0.05, 0) is 36.1 Å². The molecule has 1 fully saturated rings. The van der Waals surface area contributed by atoms with Crippen molar-refractivity contribution < 1.29 is 28.5 Å². The van der Waals surface area contributed by atoms with Gasteiger partial charge in [-0.2, -0.15) is 0 Å². The minimum atomic E-state index is -0.645. The van der Waals surface area contributed by atoms with Crippen LogP contribution < -0.4 is 14.8 Å². The zero-order valence-electron chi connectivity index (χ0n) is 24.1. The largest absolute Gasteiger partial charge is 0.497 e. The van der Waals surface area contributed by atoms with Gasteiger partial charge in [-0.1, -0.05) is 42.1 Å². The van der Waals surface area contributed by atoms with E-state index in [0.29, 0.717) is 53.3 Å². The third kappa shape index (κ3) is 6.80. The van der Waals surface area contributed by atoms with E-state index in [2.05, 4.69) is 10.2 Å². The number of carbonyl (C=O) groups is 2. The Balaban J connectivity index is 1.41. The Morgan fingerprint density at radius 1 is 1.10 bits per heavy atom. The maximum Gasteiger partial charge on any atom is 0.338 e. The highest BCUT2D eigenvalue weighted by molar-refractivity contribution is 8.16. The fraction of sp³-hybridized carbons (Fsp3) is 0.387. The molecule has 10 nitrogen and oxygen atoms in total. The Hall–Kier alpha value is -3.80. The fourth-order valence-electron chi connectivity index (χ4n) is 5.18. The maximum absolute atomic E-state index is 13.8. The summed E-state index contributed by atoms with van der Waals surface area (Å²) in [5, 5.41) is 5.64. The summed E-state index contributed by atoms with van der Waals surface area (Å²) in [6, 6.07) is 14.4. The van der Waals surface area contributed by atoms with Gasteiger partial charge in [-0.15, -0.1) is 0 Å². The maximum atomic E-state index is 13.8. The second-order valence-corrected chi connectivity index (χ2v) is 10.9. The highest BCUT2D eigenvalue weighted by atomic mass is 32.2. The van der Waals surface area contributed by atoms with E-state index in [1.165, 1.54) is 11.8 Å². The summed E-state index contributed by atoms with van der Waals surface area (Å²) in [7, 11) is 3.18. The van der Waals surface area contributed by atoms with Crippen LogP contribution in [0.3, 0.4) is 0 Å². The van der Waals surface area contributed by atoms with Gasteiger partial charge in [-0.3, -0.25) is 9.69 Å². The van der Waals surface area contributed by atoms with Crippen molar-refractivity contribution in [3.8, 4) is 11.5 Å². The summed E-state index contributed by atoms with van der Waals surface area (Å²) >= 11 is 1.43. The van der Waals surface area contributed by atoms with Crippen molar-refractivity contribution in [2.24, 2.45) is 4.99 Å². The molecule has 2 aromatic carbocycles. The monoisotopic (exact) mass is 592 g/mol. The number of morpholine rings is 1. The van der Waals surface area contributed by atoms with Crippen LogP contribution in [-0.2, 0) is 25.7 Å². The SMILES string of the molecule is COc1ccc(OC)c(C2C(C(=O)OCc3ccccc3)=C(C)N=C3SC=C(CC(=O)NCCN4CCOCC4)N32)c1. The molecular formula is C31H36N4O6S. The minimum absolute atomic E-state index is 0.104. The van der Waals surface area contributed by atoms with Crippen molar-refractivity contribution in [3.63, 3.8) is 0 Å². The van der Waals surface area contributed by atoms with Crippen LogP contribution in [0.2, 0.25) is 0 Å². The van der Waals surface area contributed by atoms with E-state index < -0.39 is 12.0 Å². The van der Waals surface area contributed by atoms with Crippen LogP contribution in [0.5, 0.6) is 11.5 Å². The van der Waals surface area contributed by atoms with Gasteiger partial charge in [0.1, 0.15) is 18.1 Å². The van der Waals surface area contributed by atoms with Gasteiger partial charge >= 0.3 is 5.97 Å². The topological polar surface area (TPSA) is 102 Å². The van der Waals surface area contributed by atoms with Crippen molar-refractivity contribution in [1.82, 2.24) is 15.1 Å². The van der Waals surface area contributed by atoms with E-state index >= 15 is 0 Å². The van der Waals surface area contributed by atoms with Crippen LogP contribution in [0.25, 0.3) is 0 Å². The van der Waals surface area contributed by atoms with Gasteiger partial charge in [0.2, 0.25) is 5.91 Å². The number of thioether (sulfide) groups is 1. The summed E-state index contributed by atoms with van der Waals surface area (Å²) in [6.45, 7) is 6.40. The number of nitrogens with one attached hydrogen (secondary N) is 1. The number of amides is 1. The van der Waals surface area contributed by atoms with Gasteiger partial charge in [-0.25, -0.2) is 9.79 Å². The first-order valence-electron chi connectivity index (χ1n) is 13.9. The molecule has 42 heavy (non-hydrogen) atoms. The van der Waals surface area contributed by atoms with E-state index in [1.807, 2.05) is 58.8 Å². The van der Waals surface area contributed by atoms with Gasteiger partial charge in [0.15, 0.2) is 5.17 Å². The fourth-order valence-corrected chi connectivity index (χ4v) is 6.15. The second kappa shape index (κ2) is 13.9. The summed E-state index contributed by atoms with van der Waals surface area (Å²) in [5.41, 5.74) is 3.24. The van der Waals surface area contributed by atoms with Crippen LogP contribution in [0.15, 0.2) is 75.9 Å². The number of allylic oxidation sites excluding steroid dienone is 1. The molecule has 1 saturated heterocycles. The number of hydrogen-bond acceptors (Lipinski definition) is 10. The standard InChI is InChI=1S/C31H36N4O6S/c1-21-28(30(37)41-19-22-7-5-4-6-8-22)29(25-18-24(38-2)9-10-26(25)39-3)35-23(20-42-31(35)33-21)17-27(36)32-11-12-34-13-15-40-16-14-34/h4-10,18,20,29H,11-17,19H2,1-3H3,(H,32,36). The number of benzene rings is 2. The van der Waals surface area contributed by atoms with Crippen molar-refractivity contribution >= 4 is 28.8 Å². The Kier molecular flexibility index (Phi) is 9.83. The van der Waals surface area contributed by atoms with Crippen LogP contribution in [-0.4, -0.2) is 80.5 Å². The number of fused-ring (bicyclic) bond motifs is 1. The molecule has 2 aromatic rings. The van der Waals surface area contributed by atoms with E-state index in [1.54, 1.807) is 21.1 Å². The first-order valence-corrected chi connectivity index (χ1v) is 14.8. The van der Waals surface area contributed by atoms with E-state index in [0.717, 1.165) is 30.9 Å². The molecule has 222 valence electrons. The highest BCUT2D eigenvalue weighted by Gasteiger charge is 2.42. The lowest BCUT2D eigenvalue weighted by Gasteiger charge is -2.37. The lowest BCUT2D eigenvalue weighted by molar-refractivity contribution is -0.141. The molecule has 0 saturated carbocycles. The molecule has 0 aromatic heterocycles. The molecule has 0 radical (unpaired) electrons. The van der Waals surface area contributed by atoms with Crippen molar-refractivity contribution in [2.45, 2.75) is 26.0 Å². The zero-order valence-corrected chi connectivity index (χ0v) is 24.9. The summed E-state index contributed by atoms with van der Waals surface area (Å²) < 4.78 is 22.5. The number of hydrogen-bond donors (Lipinski definition) is 1. The quantitative estimate of drug-likeness (QED) is 0.390. The number of methoxy groups -OCH3 is 2. The van der Waals surface area contributed by atoms with Crippen LogP contribution >= 0.6 is 11.8 Å². The number of aliphatic imine (C=N–C) groups is 1. The Bertz CT molecular complexity index is 1390. The van der Waals surface area contributed by atoms with E-state index in [9.17, 15) is 9.59 Å². The lowest BCUT2D eigenvalue weighted by atomic mass is 9.92. The molecule has 1 atom stereocenters. The molecule has 5 rings (SSSR count). The number of carbonyl (C=O) groups excluding carboxylic acids is 2. The third-order valence-electron chi connectivity index (χ3n) is 7.36. The molecule has 1 N–H and O–H groups in total. The molecule has 3 aliphatic rings. The summed E-state index contributed by atoms with van der Waals surface area (Å²) in [6.07, 6.45) is 0.128. The molecule has 0 bridgehead atoms. The lowest BCUT2D eigenvalue weighted by Crippen LogP contribution is -2.42. The van der Waals surface area contributed by atoms with Gasteiger partial charge in [0, 0.05) is 37.4 Å². The molecule has 11 heteroatoms. The average molecular weight is 593 g/mol. The number of nitrogens with zero attached hydrogens (tertiary/aromatic N) is 3. The first-order chi connectivity index (χ1) is 20.5. The van der Waals surface area contributed by atoms with Crippen LogP contribution in [0, 0.1) is 0 Å². The molecular weight excluding hydrogens is 556 g/mol. The molecule has 3 aliphatic heterocycles. The molecule has 1 amide bonds. The number of rotatable bonds is 11. The van der Waals surface area contributed by atoms with Gasteiger partial charge in [0.25, 0.3) is 0 Å². The van der Waals surface area contributed by atoms with Gasteiger partial charge < -0.3 is 29.2 Å². The molecule has 3 heterocycles. The van der Waals surface area contributed by atoms with Crippen molar-refractivity contribution in [2.75, 3.05) is 53.6 Å². The predicted octanol–water partition coefficient (Wildman–Crippen LogP) is 3.86. The van der Waals surface area contributed by atoms with Crippen LogP contribution in [0.4, 0.5) is 0 Å². The van der Waals surface area contributed by atoms with E-state index in [-0.39, 0.29) is 18.9 Å².